The number of likely N-dealkylation sites (N-methyl/N-ethyl adjacent to an activating group) is 1. The average molecular weight is 534 g/mol. The van der Waals surface area contributed by atoms with Crippen LogP contribution in [0.3, 0.4) is 0 Å². The van der Waals surface area contributed by atoms with Crippen LogP contribution in [0.5, 0.6) is 5.75 Å². The highest BCUT2D eigenvalue weighted by molar-refractivity contribution is 5.99. The fourth-order valence-corrected chi connectivity index (χ4v) is 5.68. The number of ether oxygens (including phenoxy) is 1. The van der Waals surface area contributed by atoms with Gasteiger partial charge in [-0.1, -0.05) is 18.2 Å². The van der Waals surface area contributed by atoms with Crippen molar-refractivity contribution in [1.82, 2.24) is 20.0 Å². The molecular formula is C30H39N5O4. The van der Waals surface area contributed by atoms with Gasteiger partial charge in [0.15, 0.2) is 0 Å². The number of hydrogen-bond donors (Lipinski definition) is 1. The number of amides is 3. The molecule has 3 fully saturated rings. The molecule has 2 aromatic rings. The monoisotopic (exact) mass is 533 g/mol. The van der Waals surface area contributed by atoms with Crippen LogP contribution in [0.15, 0.2) is 48.5 Å². The molecule has 0 aromatic heterocycles. The van der Waals surface area contributed by atoms with Crippen LogP contribution < -0.4 is 15.0 Å². The first-order valence-electron chi connectivity index (χ1n) is 14.1. The van der Waals surface area contributed by atoms with Gasteiger partial charge in [-0.25, -0.2) is 0 Å². The summed E-state index contributed by atoms with van der Waals surface area (Å²) in [5, 5.41) is 3.03. The van der Waals surface area contributed by atoms with E-state index in [1.165, 1.54) is 5.56 Å². The van der Waals surface area contributed by atoms with E-state index in [1.54, 1.807) is 4.90 Å². The molecular weight excluding hydrogens is 494 g/mol. The van der Waals surface area contributed by atoms with Gasteiger partial charge in [0.1, 0.15) is 12.4 Å². The van der Waals surface area contributed by atoms with Crippen LogP contribution in [-0.2, 0) is 16.1 Å². The Morgan fingerprint density at radius 2 is 1.85 bits per heavy atom. The first-order chi connectivity index (χ1) is 18.9. The molecule has 3 saturated heterocycles. The van der Waals surface area contributed by atoms with Crippen LogP contribution >= 0.6 is 0 Å². The largest absolute Gasteiger partial charge is 0.492 e. The second-order valence-corrected chi connectivity index (χ2v) is 10.8. The number of benzene rings is 2. The summed E-state index contributed by atoms with van der Waals surface area (Å²) in [6.07, 6.45) is 2.98. The minimum Gasteiger partial charge on any atom is -0.492 e. The summed E-state index contributed by atoms with van der Waals surface area (Å²) in [5.41, 5.74) is 2.64. The highest BCUT2D eigenvalue weighted by Crippen LogP contribution is 2.23. The summed E-state index contributed by atoms with van der Waals surface area (Å²) >= 11 is 0. The molecule has 3 amide bonds. The van der Waals surface area contributed by atoms with Gasteiger partial charge in [-0.2, -0.15) is 0 Å². The normalized spacial score (nSPS) is 20.1. The van der Waals surface area contributed by atoms with Crippen molar-refractivity contribution < 1.29 is 19.1 Å². The zero-order valence-corrected chi connectivity index (χ0v) is 22.8. The van der Waals surface area contributed by atoms with Gasteiger partial charge in [0.2, 0.25) is 11.8 Å². The molecule has 3 heterocycles. The molecule has 0 bridgehead atoms. The molecule has 1 N–H and O–H groups in total. The van der Waals surface area contributed by atoms with Crippen LogP contribution in [-0.4, -0.2) is 97.9 Å². The Bertz CT molecular complexity index is 1180. The van der Waals surface area contributed by atoms with Crippen LogP contribution in [0.4, 0.5) is 5.69 Å². The molecule has 9 heteroatoms. The van der Waals surface area contributed by atoms with Crippen LogP contribution in [0, 0.1) is 0 Å². The topological polar surface area (TPSA) is 85.4 Å². The van der Waals surface area contributed by atoms with Gasteiger partial charge in [0, 0.05) is 82.5 Å². The summed E-state index contributed by atoms with van der Waals surface area (Å²) < 4.78 is 6.06. The maximum Gasteiger partial charge on any atom is 0.254 e. The van der Waals surface area contributed by atoms with E-state index in [1.807, 2.05) is 41.3 Å². The van der Waals surface area contributed by atoms with Gasteiger partial charge >= 0.3 is 0 Å². The number of anilines is 1. The number of nitrogens with zero attached hydrogens (tertiary/aromatic N) is 4. The van der Waals surface area contributed by atoms with Crippen molar-refractivity contribution in [2.75, 3.05) is 64.4 Å². The molecule has 39 heavy (non-hydrogen) atoms. The molecule has 2 aromatic carbocycles. The predicted molar refractivity (Wildman–Crippen MR) is 150 cm³/mol. The molecule has 9 nitrogen and oxygen atoms in total. The van der Waals surface area contributed by atoms with E-state index < -0.39 is 0 Å². The molecule has 3 aliphatic rings. The van der Waals surface area contributed by atoms with Crippen LogP contribution in [0.25, 0.3) is 0 Å². The van der Waals surface area contributed by atoms with E-state index in [2.05, 4.69) is 34.3 Å². The van der Waals surface area contributed by atoms with Crippen molar-refractivity contribution in [3.8, 4) is 5.75 Å². The lowest BCUT2D eigenvalue weighted by atomic mass is 10.1. The van der Waals surface area contributed by atoms with Crippen molar-refractivity contribution in [1.29, 1.82) is 0 Å². The van der Waals surface area contributed by atoms with Crippen molar-refractivity contribution in [2.24, 2.45) is 0 Å². The van der Waals surface area contributed by atoms with Crippen LogP contribution in [0.1, 0.15) is 41.6 Å². The number of carbonyl (C=O) groups is 3. The summed E-state index contributed by atoms with van der Waals surface area (Å²) in [5.74, 6) is 1.17. The van der Waals surface area contributed by atoms with Crippen molar-refractivity contribution in [2.45, 2.75) is 38.3 Å². The fourth-order valence-electron chi connectivity index (χ4n) is 5.68. The smallest absolute Gasteiger partial charge is 0.254 e. The standard InChI is InChI=1S/C30H39N5O4/c1-32(22-25-10-11-28(36)31-25)21-23-5-2-8-27(19-23)39-18-17-33-13-15-34(16-14-33)30(38)24-6-3-7-26(20-24)35-12-4-9-29(35)37/h2-3,5-8,19-20,25H,4,9-18,21-22H2,1H3,(H,31,36). The summed E-state index contributed by atoms with van der Waals surface area (Å²) in [6, 6.07) is 15.9. The lowest BCUT2D eigenvalue weighted by Crippen LogP contribution is -2.49. The number of piperazine rings is 1. The van der Waals surface area contributed by atoms with Gasteiger partial charge in [0.25, 0.3) is 5.91 Å². The van der Waals surface area contributed by atoms with E-state index in [0.717, 1.165) is 63.5 Å². The van der Waals surface area contributed by atoms with Crippen molar-refractivity contribution in [3.63, 3.8) is 0 Å². The van der Waals surface area contributed by atoms with Crippen LogP contribution in [0.2, 0.25) is 0 Å². The Morgan fingerprint density at radius 1 is 1.03 bits per heavy atom. The Hall–Kier alpha value is -3.43. The summed E-state index contributed by atoms with van der Waals surface area (Å²) in [6.45, 7) is 6.73. The summed E-state index contributed by atoms with van der Waals surface area (Å²) in [7, 11) is 2.08. The number of rotatable bonds is 10. The molecule has 0 spiro atoms. The molecule has 208 valence electrons. The molecule has 0 aliphatic carbocycles. The average Bonchev–Trinajstić information content (AvgIpc) is 3.56. The Balaban J connectivity index is 1.04. The van der Waals surface area contributed by atoms with Gasteiger partial charge in [-0.15, -0.1) is 0 Å². The third kappa shape index (κ3) is 7.16. The van der Waals surface area contributed by atoms with E-state index in [0.29, 0.717) is 38.1 Å². The lowest BCUT2D eigenvalue weighted by molar-refractivity contribution is -0.119. The molecule has 5 rings (SSSR count). The quantitative estimate of drug-likeness (QED) is 0.505. The van der Waals surface area contributed by atoms with Gasteiger partial charge in [0.05, 0.1) is 0 Å². The Labute approximate surface area is 230 Å². The van der Waals surface area contributed by atoms with E-state index in [9.17, 15) is 14.4 Å². The second kappa shape index (κ2) is 12.6. The number of hydrogen-bond acceptors (Lipinski definition) is 6. The molecule has 3 aliphatic heterocycles. The van der Waals surface area contributed by atoms with Gasteiger partial charge < -0.3 is 24.8 Å². The molecule has 1 unspecified atom stereocenters. The summed E-state index contributed by atoms with van der Waals surface area (Å²) in [4.78, 5) is 44.9. The van der Waals surface area contributed by atoms with E-state index >= 15 is 0 Å². The van der Waals surface area contributed by atoms with Crippen molar-refractivity contribution >= 4 is 23.4 Å². The minimum absolute atomic E-state index is 0.0245. The molecule has 0 saturated carbocycles. The third-order valence-electron chi connectivity index (χ3n) is 7.78. The SMILES string of the molecule is CN(Cc1cccc(OCCN2CCN(C(=O)c3cccc(N4CCCC4=O)c3)CC2)c1)CC1CCC(=O)N1. The second-order valence-electron chi connectivity index (χ2n) is 10.8. The Kier molecular flexibility index (Phi) is 8.78. The predicted octanol–water partition coefficient (Wildman–Crippen LogP) is 2.36. The number of carbonyl (C=O) groups excluding carboxylic acids is 3. The maximum atomic E-state index is 13.1. The van der Waals surface area contributed by atoms with Gasteiger partial charge in [-0.05, 0) is 55.8 Å². The van der Waals surface area contributed by atoms with Gasteiger partial charge in [-0.3, -0.25) is 19.3 Å². The lowest BCUT2D eigenvalue weighted by Gasteiger charge is -2.34. The molecule has 0 radical (unpaired) electrons. The zero-order chi connectivity index (χ0) is 27.2. The minimum atomic E-state index is 0.0245. The van der Waals surface area contributed by atoms with E-state index in [-0.39, 0.29) is 23.8 Å². The highest BCUT2D eigenvalue weighted by atomic mass is 16.5. The maximum absolute atomic E-state index is 13.1. The first kappa shape index (κ1) is 27.1. The zero-order valence-electron chi connectivity index (χ0n) is 22.8. The Morgan fingerprint density at radius 3 is 2.59 bits per heavy atom. The van der Waals surface area contributed by atoms with E-state index in [4.69, 9.17) is 4.74 Å². The van der Waals surface area contributed by atoms with Crippen molar-refractivity contribution in [3.05, 3.63) is 59.7 Å². The molecule has 1 atom stereocenters. The third-order valence-corrected chi connectivity index (χ3v) is 7.78. The first-order valence-corrected chi connectivity index (χ1v) is 14.1. The highest BCUT2D eigenvalue weighted by Gasteiger charge is 2.25. The fraction of sp³-hybridized carbons (Fsp3) is 0.500. The number of nitrogens with one attached hydrogen (secondary N) is 1.